The maximum Gasteiger partial charge on any atom is 0.228 e. The van der Waals surface area contributed by atoms with E-state index in [0.717, 1.165) is 15.7 Å². The number of nitrogens with two attached hydrogens (primary N) is 1. The van der Waals surface area contributed by atoms with E-state index in [1.165, 1.54) is 0 Å². The van der Waals surface area contributed by atoms with Crippen LogP contribution in [0.4, 0.5) is 5.69 Å². The third-order valence-electron chi connectivity index (χ3n) is 2.64. The molecule has 0 spiro atoms. The maximum absolute atomic E-state index is 11.7. The van der Waals surface area contributed by atoms with Crippen molar-refractivity contribution in [2.45, 2.75) is 19.1 Å². The van der Waals surface area contributed by atoms with E-state index in [9.17, 15) is 4.79 Å². The molecule has 2 rings (SSSR count). The number of aliphatic hydroxyl groups is 1. The summed E-state index contributed by atoms with van der Waals surface area (Å²) < 4.78 is 0.840. The van der Waals surface area contributed by atoms with Crippen LogP contribution in [0.25, 0.3) is 0 Å². The lowest BCUT2D eigenvalue weighted by molar-refractivity contribution is -0.117. The molecule has 0 saturated carbocycles. The minimum Gasteiger partial charge on any atom is -0.392 e. The zero-order chi connectivity index (χ0) is 11.7. The molecule has 1 heterocycles. The molecular weight excluding hydrogens is 272 g/mol. The molecule has 1 fully saturated rings. The summed E-state index contributed by atoms with van der Waals surface area (Å²) in [6.07, 6.45) is 0.385. The van der Waals surface area contributed by atoms with Gasteiger partial charge in [0, 0.05) is 23.5 Å². The van der Waals surface area contributed by atoms with Crippen LogP contribution in [0.15, 0.2) is 22.7 Å². The summed E-state index contributed by atoms with van der Waals surface area (Å²) >= 11 is 3.40. The molecule has 1 aromatic rings. The van der Waals surface area contributed by atoms with Crippen LogP contribution < -0.4 is 10.6 Å². The predicted octanol–water partition coefficient (Wildman–Crippen LogP) is 1.01. The van der Waals surface area contributed by atoms with Crippen molar-refractivity contribution in [2.75, 3.05) is 11.4 Å². The van der Waals surface area contributed by atoms with Gasteiger partial charge in [0.2, 0.25) is 5.91 Å². The number of halogens is 1. The summed E-state index contributed by atoms with van der Waals surface area (Å²) in [5.41, 5.74) is 7.31. The van der Waals surface area contributed by atoms with Gasteiger partial charge in [0.25, 0.3) is 0 Å². The van der Waals surface area contributed by atoms with Gasteiger partial charge in [0.1, 0.15) is 0 Å². The average Bonchev–Trinajstić information content (AvgIpc) is 2.58. The van der Waals surface area contributed by atoms with Gasteiger partial charge in [-0.05, 0) is 33.6 Å². The van der Waals surface area contributed by atoms with Crippen molar-refractivity contribution in [3.8, 4) is 0 Å². The molecular formula is C11H13BrN2O2. The molecule has 0 aliphatic carbocycles. The van der Waals surface area contributed by atoms with E-state index in [1.54, 1.807) is 11.0 Å². The number of carbonyl (C=O) groups excluding carboxylic acids is 1. The number of anilines is 1. The van der Waals surface area contributed by atoms with Gasteiger partial charge in [-0.2, -0.15) is 0 Å². The summed E-state index contributed by atoms with van der Waals surface area (Å²) in [5, 5.41) is 9.07. The Morgan fingerprint density at radius 1 is 1.56 bits per heavy atom. The lowest BCUT2D eigenvalue weighted by Crippen LogP contribution is -2.28. The Hall–Kier alpha value is -0.910. The lowest BCUT2D eigenvalue weighted by atomic mass is 10.2. The van der Waals surface area contributed by atoms with Gasteiger partial charge in [-0.1, -0.05) is 6.07 Å². The third kappa shape index (κ3) is 2.11. The second kappa shape index (κ2) is 4.53. The number of nitrogens with zero attached hydrogens (tertiary/aromatic N) is 1. The first-order valence-electron chi connectivity index (χ1n) is 5.07. The van der Waals surface area contributed by atoms with E-state index in [-0.39, 0.29) is 18.6 Å². The van der Waals surface area contributed by atoms with Crippen LogP contribution in [-0.2, 0) is 11.4 Å². The van der Waals surface area contributed by atoms with Crippen LogP contribution in [0.2, 0.25) is 0 Å². The van der Waals surface area contributed by atoms with Gasteiger partial charge < -0.3 is 15.7 Å². The Morgan fingerprint density at radius 3 is 2.88 bits per heavy atom. The topological polar surface area (TPSA) is 66.6 Å². The minimum absolute atomic E-state index is 0.0308. The number of hydrogen-bond acceptors (Lipinski definition) is 3. The zero-order valence-electron chi connectivity index (χ0n) is 8.69. The van der Waals surface area contributed by atoms with E-state index in [4.69, 9.17) is 10.8 Å². The van der Waals surface area contributed by atoms with Gasteiger partial charge in [-0.25, -0.2) is 0 Å². The molecule has 0 radical (unpaired) electrons. The van der Waals surface area contributed by atoms with Crippen molar-refractivity contribution in [2.24, 2.45) is 5.73 Å². The Bertz CT molecular complexity index is 422. The molecule has 1 unspecified atom stereocenters. The van der Waals surface area contributed by atoms with Crippen molar-refractivity contribution >= 4 is 27.5 Å². The molecule has 5 heteroatoms. The fraction of sp³-hybridized carbons (Fsp3) is 0.364. The first kappa shape index (κ1) is 11.6. The summed E-state index contributed by atoms with van der Waals surface area (Å²) in [6, 6.07) is 5.35. The van der Waals surface area contributed by atoms with Crippen LogP contribution in [0.1, 0.15) is 12.0 Å². The summed E-state index contributed by atoms with van der Waals surface area (Å²) in [6.45, 7) is 0.501. The first-order chi connectivity index (χ1) is 7.61. The van der Waals surface area contributed by atoms with Crippen molar-refractivity contribution in [3.05, 3.63) is 28.2 Å². The van der Waals surface area contributed by atoms with E-state index in [1.807, 2.05) is 12.1 Å². The molecule has 1 amide bonds. The number of hydrogen-bond donors (Lipinski definition) is 2. The van der Waals surface area contributed by atoms with Crippen molar-refractivity contribution in [1.29, 1.82) is 0 Å². The van der Waals surface area contributed by atoms with Gasteiger partial charge in [0.15, 0.2) is 0 Å². The Kier molecular flexibility index (Phi) is 3.28. The fourth-order valence-electron chi connectivity index (χ4n) is 1.83. The van der Waals surface area contributed by atoms with Crippen LogP contribution in [-0.4, -0.2) is 23.6 Å². The van der Waals surface area contributed by atoms with Gasteiger partial charge in [0.05, 0.1) is 12.3 Å². The molecule has 0 bridgehead atoms. The standard InChI is InChI=1S/C11H13BrN2O2/c12-9-2-1-7(6-15)3-10(9)14-5-8(13)4-11(14)16/h1-3,8,15H,4-6,13H2. The van der Waals surface area contributed by atoms with Crippen LogP contribution in [0.3, 0.4) is 0 Å². The molecule has 86 valence electrons. The molecule has 1 aliphatic heterocycles. The van der Waals surface area contributed by atoms with Gasteiger partial charge >= 0.3 is 0 Å². The monoisotopic (exact) mass is 284 g/mol. The first-order valence-corrected chi connectivity index (χ1v) is 5.86. The van der Waals surface area contributed by atoms with E-state index in [0.29, 0.717) is 13.0 Å². The molecule has 1 atom stereocenters. The van der Waals surface area contributed by atoms with E-state index >= 15 is 0 Å². The van der Waals surface area contributed by atoms with Crippen molar-refractivity contribution in [3.63, 3.8) is 0 Å². The SMILES string of the molecule is NC1CC(=O)N(c2cc(CO)ccc2Br)C1. The molecule has 1 aliphatic rings. The molecule has 0 aromatic heterocycles. The Morgan fingerprint density at radius 2 is 2.31 bits per heavy atom. The number of amides is 1. The third-order valence-corrected chi connectivity index (χ3v) is 3.31. The highest BCUT2D eigenvalue weighted by atomic mass is 79.9. The van der Waals surface area contributed by atoms with E-state index < -0.39 is 0 Å². The maximum atomic E-state index is 11.7. The highest BCUT2D eigenvalue weighted by Crippen LogP contribution is 2.30. The summed E-state index contributed by atoms with van der Waals surface area (Å²) in [4.78, 5) is 13.4. The van der Waals surface area contributed by atoms with Crippen LogP contribution in [0.5, 0.6) is 0 Å². The largest absolute Gasteiger partial charge is 0.392 e. The Labute approximate surface area is 102 Å². The van der Waals surface area contributed by atoms with E-state index in [2.05, 4.69) is 15.9 Å². The predicted molar refractivity (Wildman–Crippen MR) is 65.0 cm³/mol. The van der Waals surface area contributed by atoms with Gasteiger partial charge in [-0.3, -0.25) is 4.79 Å². The Balaban J connectivity index is 2.35. The molecule has 1 aromatic carbocycles. The highest BCUT2D eigenvalue weighted by molar-refractivity contribution is 9.10. The second-order valence-corrected chi connectivity index (χ2v) is 4.77. The van der Waals surface area contributed by atoms with Crippen LogP contribution in [0, 0.1) is 0 Å². The van der Waals surface area contributed by atoms with Crippen molar-refractivity contribution < 1.29 is 9.90 Å². The lowest BCUT2D eigenvalue weighted by Gasteiger charge is -2.18. The minimum atomic E-state index is -0.0998. The molecule has 3 N–H and O–H groups in total. The van der Waals surface area contributed by atoms with Crippen LogP contribution >= 0.6 is 15.9 Å². The number of aliphatic hydroxyl groups excluding tert-OH is 1. The molecule has 4 nitrogen and oxygen atoms in total. The summed E-state index contributed by atoms with van der Waals surface area (Å²) in [7, 11) is 0. The number of benzene rings is 1. The zero-order valence-corrected chi connectivity index (χ0v) is 10.3. The normalized spacial score (nSPS) is 20.6. The second-order valence-electron chi connectivity index (χ2n) is 3.91. The highest BCUT2D eigenvalue weighted by Gasteiger charge is 2.29. The van der Waals surface area contributed by atoms with Crippen molar-refractivity contribution in [1.82, 2.24) is 0 Å². The summed E-state index contributed by atoms with van der Waals surface area (Å²) in [5.74, 6) is 0.0308. The number of rotatable bonds is 2. The fourth-order valence-corrected chi connectivity index (χ4v) is 2.29. The molecule has 16 heavy (non-hydrogen) atoms. The number of carbonyl (C=O) groups is 1. The quantitative estimate of drug-likeness (QED) is 0.852. The smallest absolute Gasteiger partial charge is 0.228 e. The van der Waals surface area contributed by atoms with Gasteiger partial charge in [-0.15, -0.1) is 0 Å². The average molecular weight is 285 g/mol. The molecule has 1 saturated heterocycles.